The van der Waals surface area contributed by atoms with E-state index in [1.165, 1.54) is 19.3 Å². The highest BCUT2D eigenvalue weighted by Gasteiger charge is 2.55. The van der Waals surface area contributed by atoms with Gasteiger partial charge in [-0.25, -0.2) is 0 Å². The average molecular weight is 270 g/mol. The van der Waals surface area contributed by atoms with Gasteiger partial charge in [-0.1, -0.05) is 30.3 Å². The van der Waals surface area contributed by atoms with Gasteiger partial charge in [-0.2, -0.15) is 0 Å². The first-order valence-electron chi connectivity index (χ1n) is 7.94. The van der Waals surface area contributed by atoms with Gasteiger partial charge in [0, 0.05) is 11.0 Å². The van der Waals surface area contributed by atoms with Crippen molar-refractivity contribution in [3.63, 3.8) is 0 Å². The van der Waals surface area contributed by atoms with Crippen LogP contribution in [-0.4, -0.2) is 17.0 Å². The summed E-state index contributed by atoms with van der Waals surface area (Å²) >= 11 is 0. The Morgan fingerprint density at radius 3 is 2.00 bits per heavy atom. The number of ketones is 1. The molecule has 4 aliphatic rings. The summed E-state index contributed by atoms with van der Waals surface area (Å²) in [6.45, 7) is 0. The first-order valence-corrected chi connectivity index (χ1v) is 7.94. The van der Waals surface area contributed by atoms with Gasteiger partial charge < -0.3 is 5.11 Å². The van der Waals surface area contributed by atoms with Crippen LogP contribution in [0.3, 0.4) is 0 Å². The molecule has 0 spiro atoms. The molecule has 0 amide bonds. The molecule has 0 radical (unpaired) electrons. The molecule has 4 bridgehead atoms. The Kier molecular flexibility index (Phi) is 2.78. The molecule has 2 nitrogen and oxygen atoms in total. The maximum Gasteiger partial charge on any atom is 0.191 e. The normalized spacial score (nSPS) is 39.8. The van der Waals surface area contributed by atoms with Crippen molar-refractivity contribution in [1.82, 2.24) is 0 Å². The molecule has 1 atom stereocenters. The summed E-state index contributed by atoms with van der Waals surface area (Å²) in [6.07, 6.45) is 6.43. The van der Waals surface area contributed by atoms with Gasteiger partial charge in [0.05, 0.1) is 0 Å². The van der Waals surface area contributed by atoms with Crippen molar-refractivity contribution in [1.29, 1.82) is 0 Å². The molecule has 1 aromatic rings. The van der Waals surface area contributed by atoms with Crippen LogP contribution in [-0.2, 0) is 0 Å². The smallest absolute Gasteiger partial charge is 0.191 e. The second kappa shape index (κ2) is 4.42. The summed E-state index contributed by atoms with van der Waals surface area (Å²) in [5.41, 5.74) is 0.553. The summed E-state index contributed by atoms with van der Waals surface area (Å²) < 4.78 is 0. The van der Waals surface area contributed by atoms with E-state index in [1.54, 1.807) is 0 Å². The van der Waals surface area contributed by atoms with Crippen molar-refractivity contribution in [3.05, 3.63) is 35.9 Å². The van der Waals surface area contributed by atoms with E-state index in [1.807, 2.05) is 30.3 Å². The average Bonchev–Trinajstić information content (AvgIpc) is 2.45. The van der Waals surface area contributed by atoms with Crippen LogP contribution in [0.25, 0.3) is 0 Å². The van der Waals surface area contributed by atoms with Crippen LogP contribution in [0, 0.1) is 23.2 Å². The van der Waals surface area contributed by atoms with Gasteiger partial charge in [0.15, 0.2) is 5.78 Å². The highest BCUT2D eigenvalue weighted by molar-refractivity contribution is 5.99. The molecule has 0 aliphatic heterocycles. The molecule has 1 aromatic carbocycles. The van der Waals surface area contributed by atoms with E-state index in [9.17, 15) is 9.90 Å². The standard InChI is InChI=1S/C18H22O2/c19-16(15-4-2-1-3-5-15)17(20)18-9-12-6-13(10-18)8-14(7-12)11-18/h1-5,12-14,17,20H,6-11H2. The van der Waals surface area contributed by atoms with E-state index in [-0.39, 0.29) is 11.2 Å². The van der Waals surface area contributed by atoms with Gasteiger partial charge in [-0.05, 0) is 56.3 Å². The molecule has 20 heavy (non-hydrogen) atoms. The Balaban J connectivity index is 1.62. The largest absolute Gasteiger partial charge is 0.384 e. The predicted molar refractivity (Wildman–Crippen MR) is 77.4 cm³/mol. The number of Topliss-reactive ketones (excluding diaryl/α,β-unsaturated/α-hetero) is 1. The minimum Gasteiger partial charge on any atom is -0.384 e. The quantitative estimate of drug-likeness (QED) is 0.854. The lowest BCUT2D eigenvalue weighted by molar-refractivity contribution is -0.106. The number of carbonyl (C=O) groups is 1. The van der Waals surface area contributed by atoms with Gasteiger partial charge in [-0.3, -0.25) is 4.79 Å². The fraction of sp³-hybridized carbons (Fsp3) is 0.611. The SMILES string of the molecule is O=C(c1ccccc1)C(O)C12CC3CC(CC(C3)C1)C2. The fourth-order valence-electron chi connectivity index (χ4n) is 5.55. The van der Waals surface area contributed by atoms with Gasteiger partial charge in [0.25, 0.3) is 0 Å². The molecular formula is C18H22O2. The van der Waals surface area contributed by atoms with Crippen molar-refractivity contribution in [2.75, 3.05) is 0 Å². The topological polar surface area (TPSA) is 37.3 Å². The molecule has 0 saturated heterocycles. The number of hydrogen-bond donors (Lipinski definition) is 1. The van der Waals surface area contributed by atoms with Crippen LogP contribution in [0.15, 0.2) is 30.3 Å². The van der Waals surface area contributed by atoms with Crippen LogP contribution in [0.2, 0.25) is 0 Å². The molecule has 4 aliphatic carbocycles. The molecule has 106 valence electrons. The van der Waals surface area contributed by atoms with Crippen LogP contribution in [0.1, 0.15) is 48.9 Å². The number of aliphatic hydroxyl groups excluding tert-OH is 1. The lowest BCUT2D eigenvalue weighted by Gasteiger charge is -2.58. The van der Waals surface area contributed by atoms with E-state index in [0.29, 0.717) is 5.56 Å². The van der Waals surface area contributed by atoms with E-state index < -0.39 is 6.10 Å². The summed E-state index contributed by atoms with van der Waals surface area (Å²) in [5.74, 6) is 2.23. The van der Waals surface area contributed by atoms with Gasteiger partial charge >= 0.3 is 0 Å². The number of carbonyl (C=O) groups excluding carboxylic acids is 1. The third kappa shape index (κ3) is 1.85. The highest BCUT2D eigenvalue weighted by Crippen LogP contribution is 2.61. The van der Waals surface area contributed by atoms with Crippen molar-refractivity contribution < 1.29 is 9.90 Å². The zero-order chi connectivity index (χ0) is 13.7. The molecule has 1 N–H and O–H groups in total. The first kappa shape index (κ1) is 12.6. The molecule has 0 aromatic heterocycles. The van der Waals surface area contributed by atoms with E-state index in [4.69, 9.17) is 0 Å². The monoisotopic (exact) mass is 270 g/mol. The van der Waals surface area contributed by atoms with Gasteiger partial charge in [0.1, 0.15) is 6.10 Å². The Bertz CT molecular complexity index is 484. The Hall–Kier alpha value is -1.15. The summed E-state index contributed by atoms with van der Waals surface area (Å²) in [4.78, 5) is 12.6. The van der Waals surface area contributed by atoms with Crippen LogP contribution < -0.4 is 0 Å². The highest BCUT2D eigenvalue weighted by atomic mass is 16.3. The summed E-state index contributed by atoms with van der Waals surface area (Å²) in [5, 5.41) is 10.8. The van der Waals surface area contributed by atoms with Crippen molar-refractivity contribution in [2.24, 2.45) is 23.2 Å². The molecule has 5 rings (SSSR count). The van der Waals surface area contributed by atoms with Crippen molar-refractivity contribution in [3.8, 4) is 0 Å². The maximum atomic E-state index is 12.6. The Morgan fingerprint density at radius 2 is 1.50 bits per heavy atom. The molecule has 0 heterocycles. The predicted octanol–water partition coefficient (Wildman–Crippen LogP) is 3.45. The minimum atomic E-state index is -0.793. The third-order valence-corrected chi connectivity index (χ3v) is 5.97. The van der Waals surface area contributed by atoms with E-state index in [2.05, 4.69) is 0 Å². The second-order valence-electron chi connectivity index (χ2n) is 7.41. The maximum absolute atomic E-state index is 12.6. The van der Waals surface area contributed by atoms with Crippen LogP contribution >= 0.6 is 0 Å². The molecule has 4 saturated carbocycles. The fourth-order valence-corrected chi connectivity index (χ4v) is 5.55. The summed E-state index contributed by atoms with van der Waals surface area (Å²) in [6, 6.07) is 9.31. The number of hydrogen-bond acceptors (Lipinski definition) is 2. The summed E-state index contributed by atoms with van der Waals surface area (Å²) in [7, 11) is 0. The molecule has 2 heteroatoms. The van der Waals surface area contributed by atoms with Crippen molar-refractivity contribution >= 4 is 5.78 Å². The van der Waals surface area contributed by atoms with Gasteiger partial charge in [-0.15, -0.1) is 0 Å². The Morgan fingerprint density at radius 1 is 1.00 bits per heavy atom. The zero-order valence-electron chi connectivity index (χ0n) is 11.8. The van der Waals surface area contributed by atoms with Crippen LogP contribution in [0.4, 0.5) is 0 Å². The lowest BCUT2D eigenvalue weighted by Crippen LogP contribution is -2.53. The number of aliphatic hydroxyl groups is 1. The molecular weight excluding hydrogens is 248 g/mol. The number of benzene rings is 1. The Labute approximate surface area is 120 Å². The third-order valence-electron chi connectivity index (χ3n) is 5.97. The van der Waals surface area contributed by atoms with Crippen LogP contribution in [0.5, 0.6) is 0 Å². The van der Waals surface area contributed by atoms with Crippen molar-refractivity contribution in [2.45, 2.75) is 44.6 Å². The minimum absolute atomic E-state index is 0.0625. The van der Waals surface area contributed by atoms with E-state index >= 15 is 0 Å². The second-order valence-corrected chi connectivity index (χ2v) is 7.41. The molecule has 1 unspecified atom stereocenters. The zero-order valence-corrected chi connectivity index (χ0v) is 11.8. The first-order chi connectivity index (χ1) is 9.66. The van der Waals surface area contributed by atoms with Gasteiger partial charge in [0.2, 0.25) is 0 Å². The lowest BCUT2D eigenvalue weighted by atomic mass is 9.47. The number of rotatable bonds is 3. The molecule has 4 fully saturated rings. The van der Waals surface area contributed by atoms with E-state index in [0.717, 1.165) is 37.0 Å².